The number of methoxy groups -OCH3 is 2. The smallest absolute Gasteiger partial charge is 0.267 e. The van der Waals surface area contributed by atoms with E-state index in [4.69, 9.17) is 14.2 Å². The van der Waals surface area contributed by atoms with Crippen LogP contribution in [0.5, 0.6) is 17.2 Å². The molecule has 1 unspecified atom stereocenters. The molecular weight excluding hydrogens is 420 g/mol. The number of nitrogens with zero attached hydrogens (tertiary/aromatic N) is 1. The molecule has 3 aromatic rings. The highest BCUT2D eigenvalue weighted by atomic mass is 16.5. The highest BCUT2D eigenvalue weighted by Crippen LogP contribution is 2.36. The molecule has 0 bridgehead atoms. The van der Waals surface area contributed by atoms with Crippen molar-refractivity contribution in [3.05, 3.63) is 77.9 Å². The molecule has 7 nitrogen and oxygen atoms in total. The van der Waals surface area contributed by atoms with Gasteiger partial charge in [-0.15, -0.1) is 0 Å². The molecule has 33 heavy (non-hydrogen) atoms. The minimum Gasteiger partial charge on any atom is -0.497 e. The van der Waals surface area contributed by atoms with Crippen molar-refractivity contribution in [1.29, 1.82) is 0 Å². The molecule has 1 aliphatic heterocycles. The fourth-order valence-corrected chi connectivity index (χ4v) is 3.74. The van der Waals surface area contributed by atoms with Gasteiger partial charge in [0.05, 0.1) is 19.9 Å². The number of carbonyl (C=O) groups excluding carboxylic acids is 2. The van der Waals surface area contributed by atoms with E-state index in [1.807, 2.05) is 30.3 Å². The Morgan fingerprint density at radius 1 is 1.00 bits per heavy atom. The zero-order chi connectivity index (χ0) is 23.4. The Labute approximate surface area is 192 Å². The molecule has 1 aliphatic rings. The second-order valence-corrected chi connectivity index (χ2v) is 7.72. The number of anilines is 2. The number of rotatable bonds is 7. The second kappa shape index (κ2) is 9.65. The van der Waals surface area contributed by atoms with E-state index >= 15 is 0 Å². The van der Waals surface area contributed by atoms with Gasteiger partial charge in [0.15, 0.2) is 6.10 Å². The Bertz CT molecular complexity index is 1140. The maximum atomic E-state index is 12.9. The van der Waals surface area contributed by atoms with Crippen LogP contribution in [0.25, 0.3) is 0 Å². The molecule has 7 heteroatoms. The minimum absolute atomic E-state index is 0.112. The largest absolute Gasteiger partial charge is 0.497 e. The highest BCUT2D eigenvalue weighted by molar-refractivity contribution is 6.06. The van der Waals surface area contributed by atoms with Gasteiger partial charge in [-0.05, 0) is 49.2 Å². The number of nitrogens with one attached hydrogen (secondary N) is 1. The normalized spacial score (nSPS) is 14.8. The van der Waals surface area contributed by atoms with Crippen molar-refractivity contribution in [2.45, 2.75) is 19.4 Å². The number of benzene rings is 3. The minimum atomic E-state index is -0.571. The van der Waals surface area contributed by atoms with E-state index < -0.39 is 6.10 Å². The van der Waals surface area contributed by atoms with Gasteiger partial charge in [0.2, 0.25) is 0 Å². The molecule has 0 aromatic heterocycles. The Morgan fingerprint density at radius 3 is 2.36 bits per heavy atom. The van der Waals surface area contributed by atoms with Crippen molar-refractivity contribution in [1.82, 2.24) is 0 Å². The zero-order valence-electron chi connectivity index (χ0n) is 18.8. The number of hydrogen-bond donors (Lipinski definition) is 1. The second-order valence-electron chi connectivity index (χ2n) is 7.72. The maximum Gasteiger partial charge on any atom is 0.267 e. The number of carbonyl (C=O) groups is 2. The molecule has 0 radical (unpaired) electrons. The van der Waals surface area contributed by atoms with Gasteiger partial charge in [0, 0.05) is 23.9 Å². The van der Waals surface area contributed by atoms with Crippen LogP contribution in [-0.4, -0.2) is 38.7 Å². The molecule has 1 heterocycles. The van der Waals surface area contributed by atoms with Gasteiger partial charge in [-0.3, -0.25) is 9.59 Å². The number of ether oxygens (including phenoxy) is 3. The van der Waals surface area contributed by atoms with Gasteiger partial charge in [-0.2, -0.15) is 0 Å². The highest BCUT2D eigenvalue weighted by Gasteiger charge is 2.31. The molecule has 0 fully saturated rings. The third-order valence-corrected chi connectivity index (χ3v) is 5.51. The first kappa shape index (κ1) is 22.2. The summed E-state index contributed by atoms with van der Waals surface area (Å²) in [5, 5.41) is 2.89. The van der Waals surface area contributed by atoms with E-state index in [1.165, 1.54) is 14.2 Å². The zero-order valence-corrected chi connectivity index (χ0v) is 18.8. The first-order valence-corrected chi connectivity index (χ1v) is 10.7. The predicted octanol–water partition coefficient (Wildman–Crippen LogP) is 4.31. The molecule has 0 saturated carbocycles. The third kappa shape index (κ3) is 4.92. The number of hydrogen-bond acceptors (Lipinski definition) is 5. The first-order chi connectivity index (χ1) is 16.0. The summed E-state index contributed by atoms with van der Waals surface area (Å²) in [7, 11) is 3.06. The van der Waals surface area contributed by atoms with Gasteiger partial charge in [0.1, 0.15) is 17.2 Å². The van der Waals surface area contributed by atoms with E-state index in [9.17, 15) is 9.59 Å². The average Bonchev–Trinajstić information content (AvgIpc) is 2.84. The topological polar surface area (TPSA) is 77.1 Å². The fraction of sp³-hybridized carbons (Fsp3) is 0.231. The lowest BCUT2D eigenvalue weighted by Crippen LogP contribution is -2.45. The molecule has 0 saturated heterocycles. The maximum absolute atomic E-state index is 12.9. The van der Waals surface area contributed by atoms with Crippen LogP contribution in [0.1, 0.15) is 22.8 Å². The molecular formula is C26H26N2O5. The quantitative estimate of drug-likeness (QED) is 0.585. The van der Waals surface area contributed by atoms with Gasteiger partial charge >= 0.3 is 0 Å². The van der Waals surface area contributed by atoms with Gasteiger partial charge in [-0.25, -0.2) is 0 Å². The van der Waals surface area contributed by atoms with Crippen LogP contribution in [-0.2, 0) is 11.2 Å². The van der Waals surface area contributed by atoms with Crippen molar-refractivity contribution in [3.63, 3.8) is 0 Å². The lowest BCUT2D eigenvalue weighted by Gasteiger charge is -2.33. The Balaban J connectivity index is 1.58. The molecule has 1 N–H and O–H groups in total. The molecule has 0 aliphatic carbocycles. The summed E-state index contributed by atoms with van der Waals surface area (Å²) in [5.41, 5.74) is 2.72. The molecule has 3 aromatic carbocycles. The molecule has 0 spiro atoms. The van der Waals surface area contributed by atoms with E-state index in [2.05, 4.69) is 5.32 Å². The van der Waals surface area contributed by atoms with Gasteiger partial charge < -0.3 is 24.4 Å². The van der Waals surface area contributed by atoms with E-state index in [0.29, 0.717) is 47.2 Å². The van der Waals surface area contributed by atoms with Crippen molar-refractivity contribution in [2.75, 3.05) is 31.0 Å². The van der Waals surface area contributed by atoms with Crippen LogP contribution >= 0.6 is 0 Å². The van der Waals surface area contributed by atoms with Crippen molar-refractivity contribution < 1.29 is 23.8 Å². The number of amides is 2. The summed E-state index contributed by atoms with van der Waals surface area (Å²) in [6.07, 6.45) is 0.136. The Hall–Kier alpha value is -4.00. The standard InChI is InChI=1S/C26H26N2O5/c1-17-26(30)28(12-11-18-7-5-4-6-8-18)23-15-20(9-10-24(23)33-17)27-25(29)19-13-21(31-2)16-22(14-19)32-3/h4-10,13-17H,11-12H2,1-3H3,(H,27,29). The first-order valence-electron chi connectivity index (χ1n) is 10.7. The number of fused-ring (bicyclic) bond motifs is 1. The predicted molar refractivity (Wildman–Crippen MR) is 127 cm³/mol. The summed E-state index contributed by atoms with van der Waals surface area (Å²) < 4.78 is 16.3. The van der Waals surface area contributed by atoms with Crippen LogP contribution in [0.15, 0.2) is 66.7 Å². The Kier molecular flexibility index (Phi) is 6.49. The van der Waals surface area contributed by atoms with Crippen LogP contribution in [0.4, 0.5) is 11.4 Å². The summed E-state index contributed by atoms with van der Waals surface area (Å²) in [5.74, 6) is 1.21. The molecule has 170 valence electrons. The van der Waals surface area contributed by atoms with Crippen molar-refractivity contribution in [2.24, 2.45) is 0 Å². The molecule has 2 amide bonds. The summed E-state index contributed by atoms with van der Waals surface area (Å²) in [6.45, 7) is 2.25. The van der Waals surface area contributed by atoms with Crippen LogP contribution in [0.2, 0.25) is 0 Å². The third-order valence-electron chi connectivity index (χ3n) is 5.51. The lowest BCUT2D eigenvalue weighted by molar-refractivity contribution is -0.125. The van der Waals surface area contributed by atoms with Crippen LogP contribution in [0, 0.1) is 0 Å². The van der Waals surface area contributed by atoms with Gasteiger partial charge in [-0.1, -0.05) is 30.3 Å². The summed E-state index contributed by atoms with van der Waals surface area (Å²) in [4.78, 5) is 27.5. The lowest BCUT2D eigenvalue weighted by atomic mass is 10.1. The SMILES string of the molecule is COc1cc(OC)cc(C(=O)Nc2ccc3c(c2)N(CCc2ccccc2)C(=O)C(C)O3)c1. The van der Waals surface area contributed by atoms with Crippen molar-refractivity contribution in [3.8, 4) is 17.2 Å². The Morgan fingerprint density at radius 2 is 1.70 bits per heavy atom. The molecule has 4 rings (SSSR count). The van der Waals surface area contributed by atoms with Crippen LogP contribution < -0.4 is 24.4 Å². The van der Waals surface area contributed by atoms with E-state index in [0.717, 1.165) is 5.56 Å². The van der Waals surface area contributed by atoms with Crippen LogP contribution in [0.3, 0.4) is 0 Å². The van der Waals surface area contributed by atoms with Crippen molar-refractivity contribution >= 4 is 23.2 Å². The van der Waals surface area contributed by atoms with Gasteiger partial charge in [0.25, 0.3) is 11.8 Å². The molecule has 1 atom stereocenters. The monoisotopic (exact) mass is 446 g/mol. The average molecular weight is 447 g/mol. The van der Waals surface area contributed by atoms with E-state index in [-0.39, 0.29) is 11.8 Å². The fourth-order valence-electron chi connectivity index (χ4n) is 3.74. The summed E-state index contributed by atoms with van der Waals surface area (Å²) >= 11 is 0. The van der Waals surface area contributed by atoms with E-state index in [1.54, 1.807) is 48.2 Å². The summed E-state index contributed by atoms with van der Waals surface area (Å²) in [6, 6.07) is 20.3.